The molecule has 0 saturated carbocycles. The highest BCUT2D eigenvalue weighted by Crippen LogP contribution is 2.24. The highest BCUT2D eigenvalue weighted by atomic mass is 32.1. The van der Waals surface area contributed by atoms with E-state index in [2.05, 4.69) is 11.4 Å². The van der Waals surface area contributed by atoms with Crippen molar-refractivity contribution in [1.82, 2.24) is 4.90 Å². The molecule has 0 bridgehead atoms. The van der Waals surface area contributed by atoms with Gasteiger partial charge in [-0.25, -0.2) is 0 Å². The Bertz CT molecular complexity index is 953. The molecular formula is C19H15N3O3S. The molecule has 0 spiro atoms. The minimum atomic E-state index is -0.359. The van der Waals surface area contributed by atoms with E-state index < -0.39 is 0 Å². The second-order valence-corrected chi connectivity index (χ2v) is 6.65. The van der Waals surface area contributed by atoms with Crippen LogP contribution in [0.5, 0.6) is 0 Å². The summed E-state index contributed by atoms with van der Waals surface area (Å²) in [7, 11) is 1.71. The van der Waals surface area contributed by atoms with E-state index in [4.69, 9.17) is 9.68 Å². The number of anilines is 1. The van der Waals surface area contributed by atoms with E-state index in [1.54, 1.807) is 48.3 Å². The van der Waals surface area contributed by atoms with E-state index in [-0.39, 0.29) is 17.6 Å². The van der Waals surface area contributed by atoms with Crippen LogP contribution in [0.15, 0.2) is 59.2 Å². The molecule has 0 aliphatic heterocycles. The van der Waals surface area contributed by atoms with Crippen LogP contribution in [0.1, 0.15) is 31.4 Å². The molecule has 2 amide bonds. The normalized spacial score (nSPS) is 10.2. The first-order valence-corrected chi connectivity index (χ1v) is 8.57. The van der Waals surface area contributed by atoms with Gasteiger partial charge in [-0.2, -0.15) is 5.26 Å². The fraction of sp³-hybridized carbons (Fsp3) is 0.105. The Morgan fingerprint density at radius 1 is 1.19 bits per heavy atom. The monoisotopic (exact) mass is 365 g/mol. The summed E-state index contributed by atoms with van der Waals surface area (Å²) in [6.07, 6.45) is 1.43. The maximum atomic E-state index is 12.6. The summed E-state index contributed by atoms with van der Waals surface area (Å²) in [6.45, 7) is 0.427. The topological polar surface area (TPSA) is 86.3 Å². The van der Waals surface area contributed by atoms with Gasteiger partial charge < -0.3 is 14.6 Å². The molecule has 2 aromatic heterocycles. The first-order chi connectivity index (χ1) is 12.6. The van der Waals surface area contributed by atoms with E-state index >= 15 is 0 Å². The SMILES string of the molecule is CN(Cc1ccc(C#N)cc1)C(=O)c1ccc(NC(=O)c2ccco2)s1. The average molecular weight is 365 g/mol. The third-order valence-electron chi connectivity index (χ3n) is 3.65. The van der Waals surface area contributed by atoms with Crippen molar-refractivity contribution >= 4 is 28.2 Å². The van der Waals surface area contributed by atoms with Gasteiger partial charge in [0.1, 0.15) is 0 Å². The number of hydrogen-bond donors (Lipinski definition) is 1. The van der Waals surface area contributed by atoms with Gasteiger partial charge in [-0.3, -0.25) is 9.59 Å². The van der Waals surface area contributed by atoms with Crippen LogP contribution in [0.2, 0.25) is 0 Å². The lowest BCUT2D eigenvalue weighted by atomic mass is 10.1. The zero-order valence-electron chi connectivity index (χ0n) is 13.9. The maximum Gasteiger partial charge on any atom is 0.291 e. The Kier molecular flexibility index (Phi) is 5.15. The molecular weight excluding hydrogens is 350 g/mol. The molecule has 0 aliphatic rings. The lowest BCUT2D eigenvalue weighted by Crippen LogP contribution is -2.25. The zero-order valence-corrected chi connectivity index (χ0v) is 14.7. The van der Waals surface area contributed by atoms with Gasteiger partial charge in [0.2, 0.25) is 0 Å². The van der Waals surface area contributed by atoms with Crippen molar-refractivity contribution in [1.29, 1.82) is 5.26 Å². The molecule has 3 aromatic rings. The number of carbonyl (C=O) groups is 2. The molecule has 0 saturated heterocycles. The summed E-state index contributed by atoms with van der Waals surface area (Å²) in [4.78, 5) is 26.6. The van der Waals surface area contributed by atoms with Crippen LogP contribution in [-0.4, -0.2) is 23.8 Å². The molecule has 6 nitrogen and oxygen atoms in total. The first-order valence-electron chi connectivity index (χ1n) is 7.76. The molecule has 0 radical (unpaired) electrons. The number of hydrogen-bond acceptors (Lipinski definition) is 5. The average Bonchev–Trinajstić information content (AvgIpc) is 3.33. The molecule has 1 N–H and O–H groups in total. The summed E-state index contributed by atoms with van der Waals surface area (Å²) >= 11 is 1.20. The van der Waals surface area contributed by atoms with E-state index in [0.29, 0.717) is 22.0 Å². The van der Waals surface area contributed by atoms with Crippen molar-refractivity contribution in [2.75, 3.05) is 12.4 Å². The van der Waals surface area contributed by atoms with Crippen LogP contribution < -0.4 is 5.32 Å². The Hall–Kier alpha value is -3.37. The van der Waals surface area contributed by atoms with E-state index in [0.717, 1.165) is 5.56 Å². The number of amides is 2. The van der Waals surface area contributed by atoms with E-state index in [9.17, 15) is 9.59 Å². The summed E-state index contributed by atoms with van der Waals surface area (Å²) < 4.78 is 5.04. The quantitative estimate of drug-likeness (QED) is 0.746. The second kappa shape index (κ2) is 7.68. The predicted molar refractivity (Wildman–Crippen MR) is 97.9 cm³/mol. The number of nitrogens with zero attached hydrogens (tertiary/aromatic N) is 2. The van der Waals surface area contributed by atoms with Crippen LogP contribution >= 0.6 is 11.3 Å². The highest BCUT2D eigenvalue weighted by molar-refractivity contribution is 7.18. The number of furan rings is 1. The third-order valence-corrected chi connectivity index (χ3v) is 4.64. The van der Waals surface area contributed by atoms with Gasteiger partial charge >= 0.3 is 0 Å². The van der Waals surface area contributed by atoms with Crippen LogP contribution in [0.4, 0.5) is 5.00 Å². The van der Waals surface area contributed by atoms with Crippen LogP contribution in [0.3, 0.4) is 0 Å². The molecule has 0 atom stereocenters. The van der Waals surface area contributed by atoms with E-state index in [1.807, 2.05) is 12.1 Å². The summed E-state index contributed by atoms with van der Waals surface area (Å²) in [5.74, 6) is -0.288. The Morgan fingerprint density at radius 2 is 1.96 bits per heavy atom. The fourth-order valence-electron chi connectivity index (χ4n) is 2.32. The van der Waals surface area contributed by atoms with Crippen LogP contribution in [0, 0.1) is 11.3 Å². The summed E-state index contributed by atoms with van der Waals surface area (Å²) in [5, 5.41) is 12.1. The molecule has 0 fully saturated rings. The largest absolute Gasteiger partial charge is 0.459 e. The number of nitriles is 1. The van der Waals surface area contributed by atoms with Crippen molar-refractivity contribution in [2.24, 2.45) is 0 Å². The smallest absolute Gasteiger partial charge is 0.291 e. The van der Waals surface area contributed by atoms with Gasteiger partial charge in [0, 0.05) is 13.6 Å². The van der Waals surface area contributed by atoms with Crippen LogP contribution in [-0.2, 0) is 6.54 Å². The zero-order chi connectivity index (χ0) is 18.5. The van der Waals surface area contributed by atoms with Gasteiger partial charge in [-0.15, -0.1) is 11.3 Å². The molecule has 3 rings (SSSR count). The molecule has 130 valence electrons. The lowest BCUT2D eigenvalue weighted by molar-refractivity contribution is 0.0789. The standard InChI is InChI=1S/C19H15N3O3S/c1-22(12-14-6-4-13(11-20)5-7-14)19(24)16-8-9-17(26-16)21-18(23)15-3-2-10-25-15/h2-10H,12H2,1H3,(H,21,23). The van der Waals surface area contributed by atoms with Gasteiger partial charge in [0.05, 0.1) is 27.8 Å². The molecule has 2 heterocycles. The Morgan fingerprint density at radius 3 is 2.62 bits per heavy atom. The van der Waals surface area contributed by atoms with Gasteiger partial charge in [-0.05, 0) is 42.0 Å². The predicted octanol–water partition coefficient (Wildman–Crippen LogP) is 3.74. The van der Waals surface area contributed by atoms with Gasteiger partial charge in [0.15, 0.2) is 5.76 Å². The minimum Gasteiger partial charge on any atom is -0.459 e. The van der Waals surface area contributed by atoms with Crippen molar-refractivity contribution in [3.63, 3.8) is 0 Å². The number of benzene rings is 1. The fourth-order valence-corrected chi connectivity index (χ4v) is 3.22. The molecule has 26 heavy (non-hydrogen) atoms. The maximum absolute atomic E-state index is 12.6. The first kappa shape index (κ1) is 17.5. The highest BCUT2D eigenvalue weighted by Gasteiger charge is 2.16. The molecule has 0 aliphatic carbocycles. The van der Waals surface area contributed by atoms with Gasteiger partial charge in [-0.1, -0.05) is 12.1 Å². The number of carbonyl (C=O) groups excluding carboxylic acids is 2. The molecule has 1 aromatic carbocycles. The third kappa shape index (κ3) is 3.99. The minimum absolute atomic E-state index is 0.141. The number of thiophene rings is 1. The van der Waals surface area contributed by atoms with Crippen molar-refractivity contribution in [2.45, 2.75) is 6.54 Å². The Labute approximate surface area is 154 Å². The van der Waals surface area contributed by atoms with E-state index in [1.165, 1.54) is 17.6 Å². The second-order valence-electron chi connectivity index (χ2n) is 5.57. The van der Waals surface area contributed by atoms with Crippen LogP contribution in [0.25, 0.3) is 0 Å². The van der Waals surface area contributed by atoms with Crippen molar-refractivity contribution < 1.29 is 14.0 Å². The van der Waals surface area contributed by atoms with Gasteiger partial charge in [0.25, 0.3) is 11.8 Å². The summed E-state index contributed by atoms with van der Waals surface area (Å²) in [6, 6.07) is 15.7. The molecule has 7 heteroatoms. The van der Waals surface area contributed by atoms with Crippen molar-refractivity contribution in [3.8, 4) is 6.07 Å². The number of rotatable bonds is 5. The van der Waals surface area contributed by atoms with Crippen molar-refractivity contribution in [3.05, 3.63) is 76.6 Å². The molecule has 0 unspecified atom stereocenters. The lowest BCUT2D eigenvalue weighted by Gasteiger charge is -2.16. The number of nitrogens with one attached hydrogen (secondary N) is 1. The summed E-state index contributed by atoms with van der Waals surface area (Å²) in [5.41, 5.74) is 1.51. The Balaban J connectivity index is 1.63.